The summed E-state index contributed by atoms with van der Waals surface area (Å²) in [6.45, 7) is 0. The second-order valence-electron chi connectivity index (χ2n) is 11.9. The summed E-state index contributed by atoms with van der Waals surface area (Å²) in [4.78, 5) is 5.19. The first-order valence-electron chi connectivity index (χ1n) is 15.7. The van der Waals surface area contributed by atoms with Crippen LogP contribution in [0.25, 0.3) is 77.0 Å². The van der Waals surface area contributed by atoms with Gasteiger partial charge >= 0.3 is 0 Å². The topological polar surface area (TPSA) is 17.8 Å². The number of hydrogen-bond donors (Lipinski definition) is 0. The average molecular weight is 575 g/mol. The van der Waals surface area contributed by atoms with Gasteiger partial charge in [-0.1, -0.05) is 133 Å². The van der Waals surface area contributed by atoms with Crippen molar-refractivity contribution in [3.63, 3.8) is 0 Å². The van der Waals surface area contributed by atoms with E-state index in [2.05, 4.69) is 168 Å². The minimum Gasteiger partial charge on any atom is -0.333 e. The van der Waals surface area contributed by atoms with Gasteiger partial charge in [-0.3, -0.25) is 0 Å². The fourth-order valence-electron chi connectivity index (χ4n) is 7.13. The summed E-state index contributed by atoms with van der Waals surface area (Å²) in [7, 11) is 0. The van der Waals surface area contributed by atoms with Crippen LogP contribution in [0.3, 0.4) is 0 Å². The van der Waals surface area contributed by atoms with Gasteiger partial charge in [0, 0.05) is 32.8 Å². The first-order valence-corrected chi connectivity index (χ1v) is 15.7. The van der Waals surface area contributed by atoms with Gasteiger partial charge in [-0.15, -0.1) is 0 Å². The predicted octanol–water partition coefficient (Wildman–Crippen LogP) is 11.6. The molecule has 0 saturated carbocycles. The van der Waals surface area contributed by atoms with E-state index in [9.17, 15) is 0 Å². The van der Waals surface area contributed by atoms with Crippen molar-refractivity contribution >= 4 is 43.5 Å². The normalized spacial score (nSPS) is 14.6. The highest BCUT2D eigenvalue weighted by molar-refractivity contribution is 6.14. The lowest BCUT2D eigenvalue weighted by molar-refractivity contribution is 0.648. The molecule has 2 aromatic heterocycles. The van der Waals surface area contributed by atoms with Gasteiger partial charge < -0.3 is 4.57 Å². The fourth-order valence-corrected chi connectivity index (χ4v) is 7.13. The first-order chi connectivity index (χ1) is 22.3. The molecule has 2 heterocycles. The molecule has 45 heavy (non-hydrogen) atoms. The molecule has 0 amide bonds. The molecule has 0 aliphatic heterocycles. The highest BCUT2D eigenvalue weighted by Gasteiger charge is 2.18. The second kappa shape index (κ2) is 10.5. The number of pyridine rings is 1. The van der Waals surface area contributed by atoms with E-state index in [0.29, 0.717) is 6.04 Å². The van der Waals surface area contributed by atoms with Crippen molar-refractivity contribution in [2.45, 2.75) is 12.5 Å². The van der Waals surface area contributed by atoms with E-state index >= 15 is 0 Å². The molecule has 0 saturated heterocycles. The third-order valence-corrected chi connectivity index (χ3v) is 9.30. The van der Waals surface area contributed by atoms with Gasteiger partial charge in [0.2, 0.25) is 0 Å². The monoisotopic (exact) mass is 574 g/mol. The van der Waals surface area contributed by atoms with E-state index in [1.807, 2.05) is 0 Å². The molecule has 0 bridgehead atoms. The molecule has 6 aromatic carbocycles. The smallest absolute Gasteiger partial charge is 0.0722 e. The summed E-state index contributed by atoms with van der Waals surface area (Å²) in [5, 5.41) is 6.26. The Hall–Kier alpha value is -5.73. The number of aromatic nitrogens is 2. The fraction of sp³-hybridized carbons (Fsp3) is 0.0465. The standard InChI is InChI=1S/C43H30N2/c1-3-11-30(12-4-1)37-28-40(44-39-25-23-31-13-7-8-16-35(31)43(37)39)32-21-19-29(20-22-32)33-24-26-42-38(27-33)36-17-9-10-18-41(36)45(42)34-14-5-2-6-15-34/h1-14,16-28,34H,15H2. The molecule has 0 radical (unpaired) electrons. The Morgan fingerprint density at radius 3 is 2.11 bits per heavy atom. The van der Waals surface area contributed by atoms with Gasteiger partial charge in [-0.25, -0.2) is 4.98 Å². The highest BCUT2D eigenvalue weighted by atomic mass is 15.0. The maximum Gasteiger partial charge on any atom is 0.0722 e. The molecule has 1 aliphatic rings. The van der Waals surface area contributed by atoms with Crippen LogP contribution in [-0.4, -0.2) is 9.55 Å². The number of nitrogens with zero attached hydrogens (tertiary/aromatic N) is 2. The number of benzene rings is 6. The maximum atomic E-state index is 5.19. The predicted molar refractivity (Wildman–Crippen MR) is 190 cm³/mol. The lowest BCUT2D eigenvalue weighted by Crippen LogP contribution is -2.06. The third-order valence-electron chi connectivity index (χ3n) is 9.30. The van der Waals surface area contributed by atoms with Gasteiger partial charge in [-0.05, 0) is 69.8 Å². The number of hydrogen-bond acceptors (Lipinski definition) is 1. The van der Waals surface area contributed by atoms with Crippen molar-refractivity contribution in [2.24, 2.45) is 0 Å². The van der Waals surface area contributed by atoms with Crippen LogP contribution in [0.15, 0.2) is 164 Å². The van der Waals surface area contributed by atoms with Crippen molar-refractivity contribution in [2.75, 3.05) is 0 Å². The van der Waals surface area contributed by atoms with Gasteiger partial charge in [-0.2, -0.15) is 0 Å². The number of para-hydroxylation sites is 1. The SMILES string of the molecule is C1=CCC(n2c3ccccc3c3cc(-c4ccc(-c5cc(-c6ccccc6)c6c(ccc7ccccc76)n5)cc4)ccc32)C=C1. The molecule has 0 spiro atoms. The molecule has 2 heteroatoms. The molecule has 212 valence electrons. The molecule has 2 nitrogen and oxygen atoms in total. The summed E-state index contributed by atoms with van der Waals surface area (Å²) >= 11 is 0. The summed E-state index contributed by atoms with van der Waals surface area (Å²) in [5.41, 5.74) is 10.5. The van der Waals surface area contributed by atoms with Crippen LogP contribution in [0.4, 0.5) is 0 Å². The summed E-state index contributed by atoms with van der Waals surface area (Å²) in [6, 6.07) is 50.8. The van der Waals surface area contributed by atoms with Gasteiger partial charge in [0.1, 0.15) is 0 Å². The van der Waals surface area contributed by atoms with E-state index in [0.717, 1.165) is 23.2 Å². The minimum atomic E-state index is 0.329. The molecule has 1 unspecified atom stereocenters. The van der Waals surface area contributed by atoms with Crippen LogP contribution in [0, 0.1) is 0 Å². The lowest BCUT2D eigenvalue weighted by Gasteiger charge is -2.18. The van der Waals surface area contributed by atoms with Crippen LogP contribution in [-0.2, 0) is 0 Å². The number of rotatable bonds is 4. The Kier molecular flexibility index (Phi) is 5.99. The minimum absolute atomic E-state index is 0.329. The Morgan fingerprint density at radius 1 is 0.533 bits per heavy atom. The zero-order valence-corrected chi connectivity index (χ0v) is 24.8. The molecule has 1 atom stereocenters. The van der Waals surface area contributed by atoms with Crippen molar-refractivity contribution in [1.29, 1.82) is 0 Å². The van der Waals surface area contributed by atoms with Crippen LogP contribution in [0.1, 0.15) is 12.5 Å². The van der Waals surface area contributed by atoms with Crippen molar-refractivity contribution in [3.8, 4) is 33.5 Å². The first kappa shape index (κ1) is 25.7. The van der Waals surface area contributed by atoms with Crippen molar-refractivity contribution < 1.29 is 0 Å². The third kappa shape index (κ3) is 4.29. The quantitative estimate of drug-likeness (QED) is 0.191. The van der Waals surface area contributed by atoms with Crippen LogP contribution >= 0.6 is 0 Å². The molecule has 0 fully saturated rings. The lowest BCUT2D eigenvalue weighted by atomic mass is 9.94. The van der Waals surface area contributed by atoms with E-state index in [4.69, 9.17) is 4.98 Å². The zero-order chi connectivity index (χ0) is 29.7. The summed E-state index contributed by atoms with van der Waals surface area (Å²) < 4.78 is 2.50. The summed E-state index contributed by atoms with van der Waals surface area (Å²) in [6.07, 6.45) is 9.89. The molecular weight excluding hydrogens is 544 g/mol. The summed E-state index contributed by atoms with van der Waals surface area (Å²) in [5.74, 6) is 0. The Bertz CT molecular complexity index is 2440. The molecular formula is C43H30N2. The van der Waals surface area contributed by atoms with Gasteiger partial charge in [0.05, 0.1) is 17.3 Å². The molecule has 8 aromatic rings. The maximum absolute atomic E-state index is 5.19. The number of allylic oxidation sites excluding steroid dienone is 4. The number of fused-ring (bicyclic) bond motifs is 6. The van der Waals surface area contributed by atoms with Crippen LogP contribution in [0.5, 0.6) is 0 Å². The molecule has 1 aliphatic carbocycles. The van der Waals surface area contributed by atoms with Crippen molar-refractivity contribution in [3.05, 3.63) is 164 Å². The molecule has 9 rings (SSSR count). The van der Waals surface area contributed by atoms with E-state index < -0.39 is 0 Å². The zero-order valence-electron chi connectivity index (χ0n) is 24.8. The average Bonchev–Trinajstić information content (AvgIpc) is 3.45. The van der Waals surface area contributed by atoms with E-state index in [-0.39, 0.29) is 0 Å². The van der Waals surface area contributed by atoms with Crippen LogP contribution in [0.2, 0.25) is 0 Å². The van der Waals surface area contributed by atoms with Crippen molar-refractivity contribution in [1.82, 2.24) is 9.55 Å². The van der Waals surface area contributed by atoms with Crippen LogP contribution < -0.4 is 0 Å². The Labute approximate surface area is 262 Å². The Balaban J connectivity index is 1.15. The second-order valence-corrected chi connectivity index (χ2v) is 11.9. The van der Waals surface area contributed by atoms with E-state index in [1.165, 1.54) is 60.2 Å². The van der Waals surface area contributed by atoms with Gasteiger partial charge in [0.15, 0.2) is 0 Å². The highest BCUT2D eigenvalue weighted by Crippen LogP contribution is 2.39. The molecule has 0 N–H and O–H groups in total. The largest absolute Gasteiger partial charge is 0.333 e. The Morgan fingerprint density at radius 2 is 1.27 bits per heavy atom. The van der Waals surface area contributed by atoms with Gasteiger partial charge in [0.25, 0.3) is 0 Å². The van der Waals surface area contributed by atoms with E-state index in [1.54, 1.807) is 0 Å².